The molecule has 4 rings (SSSR count). The van der Waals surface area contributed by atoms with Gasteiger partial charge in [0.05, 0.1) is 5.02 Å². The second-order valence-corrected chi connectivity index (χ2v) is 7.16. The highest BCUT2D eigenvalue weighted by molar-refractivity contribution is 6.33. The molecule has 1 amide bonds. The Bertz CT molecular complexity index is 791. The molecular weight excluding hydrogens is 340 g/mol. The predicted octanol–water partition coefficient (Wildman–Crippen LogP) is 2.68. The molecule has 25 heavy (non-hydrogen) atoms. The molecule has 0 bridgehead atoms. The van der Waals surface area contributed by atoms with Gasteiger partial charge < -0.3 is 9.84 Å². The zero-order chi connectivity index (χ0) is 17.4. The van der Waals surface area contributed by atoms with Crippen molar-refractivity contribution in [3.8, 4) is 11.3 Å². The summed E-state index contributed by atoms with van der Waals surface area (Å²) in [6, 6.07) is 8.09. The van der Waals surface area contributed by atoms with Gasteiger partial charge in [0.15, 0.2) is 0 Å². The van der Waals surface area contributed by atoms with E-state index in [-0.39, 0.29) is 11.9 Å². The Balaban J connectivity index is 1.51. The largest absolute Gasteiger partial charge is 0.360 e. The van der Waals surface area contributed by atoms with Gasteiger partial charge in [0.25, 0.3) is 5.91 Å². The fraction of sp³-hybridized carbons (Fsp3) is 0.444. The first-order chi connectivity index (χ1) is 12.1. The Kier molecular flexibility index (Phi) is 4.50. The van der Waals surface area contributed by atoms with Crippen LogP contribution in [0.4, 0.5) is 0 Å². The highest BCUT2D eigenvalue weighted by Crippen LogP contribution is 2.32. The Morgan fingerprint density at radius 3 is 3.04 bits per heavy atom. The van der Waals surface area contributed by atoms with Crippen molar-refractivity contribution in [1.82, 2.24) is 21.3 Å². The molecule has 2 aromatic rings. The van der Waals surface area contributed by atoms with Crippen LogP contribution in [-0.2, 0) is 0 Å². The summed E-state index contributed by atoms with van der Waals surface area (Å²) in [7, 11) is 0. The first-order valence-electron chi connectivity index (χ1n) is 8.65. The number of nitrogens with one attached hydrogen (secondary N) is 3. The van der Waals surface area contributed by atoms with E-state index in [2.05, 4.69) is 21.3 Å². The molecule has 7 heteroatoms. The Morgan fingerprint density at radius 2 is 2.20 bits per heavy atom. The number of carbonyl (C=O) groups excluding carboxylic acids is 1. The van der Waals surface area contributed by atoms with Gasteiger partial charge >= 0.3 is 0 Å². The number of hydrazine groups is 1. The van der Waals surface area contributed by atoms with Crippen molar-refractivity contribution in [2.75, 3.05) is 6.54 Å². The number of hydrogen-bond donors (Lipinski definition) is 3. The molecule has 3 N–H and O–H groups in total. The maximum absolute atomic E-state index is 12.8. The molecule has 1 aliphatic carbocycles. The molecule has 2 aliphatic rings. The second-order valence-electron chi connectivity index (χ2n) is 6.75. The molecule has 1 aromatic carbocycles. The number of halogens is 1. The van der Waals surface area contributed by atoms with E-state index < -0.39 is 0 Å². The fourth-order valence-electron chi connectivity index (χ4n) is 3.94. The van der Waals surface area contributed by atoms with Gasteiger partial charge in [-0.3, -0.25) is 15.6 Å². The van der Waals surface area contributed by atoms with Crippen LogP contribution < -0.4 is 16.2 Å². The van der Waals surface area contributed by atoms with Crippen LogP contribution in [-0.4, -0.2) is 29.7 Å². The summed E-state index contributed by atoms with van der Waals surface area (Å²) in [4.78, 5) is 12.8. The Labute approximate surface area is 151 Å². The van der Waals surface area contributed by atoms with E-state index in [0.29, 0.717) is 46.1 Å². The van der Waals surface area contributed by atoms with E-state index in [9.17, 15) is 4.79 Å². The standard InChI is InChI=1S/C18H21ClN4O2/c1-10-16(17(23-25-10)11-5-2-3-7-13(11)19)18(24)20-9-15-12-6-4-8-14(12)21-22-15/h2-3,5,7,12,14-15,21-22H,4,6,8-9H2,1H3,(H,20,24). The summed E-state index contributed by atoms with van der Waals surface area (Å²) in [5, 5.41) is 7.62. The molecule has 3 unspecified atom stereocenters. The lowest BCUT2D eigenvalue weighted by molar-refractivity contribution is 0.0947. The van der Waals surface area contributed by atoms with Gasteiger partial charge in [0.2, 0.25) is 0 Å². The average molecular weight is 361 g/mol. The predicted molar refractivity (Wildman–Crippen MR) is 95.2 cm³/mol. The van der Waals surface area contributed by atoms with Gasteiger partial charge in [0, 0.05) is 24.2 Å². The summed E-state index contributed by atoms with van der Waals surface area (Å²) in [6.07, 6.45) is 3.64. The van der Waals surface area contributed by atoms with Crippen molar-refractivity contribution in [1.29, 1.82) is 0 Å². The molecular formula is C18H21ClN4O2. The molecule has 1 aromatic heterocycles. The van der Waals surface area contributed by atoms with Crippen LogP contribution in [0.2, 0.25) is 5.02 Å². The van der Waals surface area contributed by atoms with Crippen LogP contribution in [0.15, 0.2) is 28.8 Å². The van der Waals surface area contributed by atoms with Crippen LogP contribution >= 0.6 is 11.6 Å². The third kappa shape index (κ3) is 3.05. The van der Waals surface area contributed by atoms with Crippen molar-refractivity contribution in [3.63, 3.8) is 0 Å². The normalized spacial score (nSPS) is 25.1. The van der Waals surface area contributed by atoms with Crippen molar-refractivity contribution < 1.29 is 9.32 Å². The monoisotopic (exact) mass is 360 g/mol. The van der Waals surface area contributed by atoms with Crippen molar-refractivity contribution >= 4 is 17.5 Å². The Morgan fingerprint density at radius 1 is 1.36 bits per heavy atom. The van der Waals surface area contributed by atoms with Crippen LogP contribution in [0, 0.1) is 12.8 Å². The third-order valence-electron chi connectivity index (χ3n) is 5.24. The summed E-state index contributed by atoms with van der Waals surface area (Å²) >= 11 is 6.25. The summed E-state index contributed by atoms with van der Waals surface area (Å²) < 4.78 is 5.27. The van der Waals surface area contributed by atoms with Gasteiger partial charge in [-0.25, -0.2) is 0 Å². The summed E-state index contributed by atoms with van der Waals surface area (Å²) in [5.74, 6) is 0.882. The van der Waals surface area contributed by atoms with Crippen LogP contribution in [0.5, 0.6) is 0 Å². The van der Waals surface area contributed by atoms with Gasteiger partial charge in [-0.1, -0.05) is 41.4 Å². The van der Waals surface area contributed by atoms with Crippen LogP contribution in [0.1, 0.15) is 35.4 Å². The molecule has 3 atom stereocenters. The smallest absolute Gasteiger partial charge is 0.257 e. The number of aromatic nitrogens is 1. The van der Waals surface area contributed by atoms with Crippen molar-refractivity contribution in [2.45, 2.75) is 38.3 Å². The number of nitrogens with zero attached hydrogens (tertiary/aromatic N) is 1. The molecule has 2 fully saturated rings. The maximum Gasteiger partial charge on any atom is 0.257 e. The first kappa shape index (κ1) is 16.6. The lowest BCUT2D eigenvalue weighted by Crippen LogP contribution is -2.42. The van der Waals surface area contributed by atoms with Crippen LogP contribution in [0.25, 0.3) is 11.3 Å². The molecule has 132 valence electrons. The number of hydrogen-bond acceptors (Lipinski definition) is 5. The van der Waals surface area contributed by atoms with E-state index in [1.807, 2.05) is 18.2 Å². The number of benzene rings is 1. The van der Waals surface area contributed by atoms with E-state index in [1.165, 1.54) is 19.3 Å². The highest BCUT2D eigenvalue weighted by atomic mass is 35.5. The zero-order valence-electron chi connectivity index (χ0n) is 14.0. The lowest BCUT2D eigenvalue weighted by atomic mass is 9.97. The number of aryl methyl sites for hydroxylation is 1. The third-order valence-corrected chi connectivity index (χ3v) is 5.57. The van der Waals surface area contributed by atoms with Gasteiger partial charge in [-0.2, -0.15) is 0 Å². The van der Waals surface area contributed by atoms with Gasteiger partial charge in [-0.15, -0.1) is 0 Å². The number of amides is 1. The molecule has 6 nitrogen and oxygen atoms in total. The number of rotatable bonds is 4. The van der Waals surface area contributed by atoms with Gasteiger partial charge in [-0.05, 0) is 31.7 Å². The van der Waals surface area contributed by atoms with Crippen molar-refractivity contribution in [2.24, 2.45) is 5.92 Å². The molecule has 1 saturated heterocycles. The topological polar surface area (TPSA) is 79.2 Å². The maximum atomic E-state index is 12.8. The van der Waals surface area contributed by atoms with E-state index in [1.54, 1.807) is 13.0 Å². The van der Waals surface area contributed by atoms with E-state index >= 15 is 0 Å². The lowest BCUT2D eigenvalue weighted by Gasteiger charge is -2.17. The number of fused-ring (bicyclic) bond motifs is 1. The molecule has 0 radical (unpaired) electrons. The molecule has 0 spiro atoms. The highest BCUT2D eigenvalue weighted by Gasteiger charge is 2.39. The summed E-state index contributed by atoms with van der Waals surface area (Å²) in [5.41, 5.74) is 8.26. The minimum absolute atomic E-state index is 0.183. The van der Waals surface area contributed by atoms with E-state index in [4.69, 9.17) is 16.1 Å². The van der Waals surface area contributed by atoms with Crippen LogP contribution in [0.3, 0.4) is 0 Å². The average Bonchev–Trinajstić information content (AvgIpc) is 3.29. The van der Waals surface area contributed by atoms with Crippen molar-refractivity contribution in [3.05, 3.63) is 40.6 Å². The quantitative estimate of drug-likeness (QED) is 0.781. The first-order valence-corrected chi connectivity index (χ1v) is 9.03. The number of carbonyl (C=O) groups is 1. The molecule has 2 heterocycles. The summed E-state index contributed by atoms with van der Waals surface area (Å²) in [6.45, 7) is 2.31. The fourth-order valence-corrected chi connectivity index (χ4v) is 4.17. The zero-order valence-corrected chi connectivity index (χ0v) is 14.8. The van der Waals surface area contributed by atoms with Gasteiger partial charge in [0.1, 0.15) is 17.0 Å². The minimum Gasteiger partial charge on any atom is -0.360 e. The SMILES string of the molecule is Cc1onc(-c2ccccc2Cl)c1C(=O)NCC1NNC2CCCC21. The Hall–Kier alpha value is -1.89. The molecule has 1 saturated carbocycles. The minimum atomic E-state index is -0.183. The second kappa shape index (κ2) is 6.78. The molecule has 1 aliphatic heterocycles. The van der Waals surface area contributed by atoms with E-state index in [0.717, 1.165) is 0 Å².